The fourth-order valence-electron chi connectivity index (χ4n) is 2.63. The third-order valence-electron chi connectivity index (χ3n) is 3.91. The molecule has 142 valence electrons. The zero-order chi connectivity index (χ0) is 19.9. The van der Waals surface area contributed by atoms with Crippen molar-refractivity contribution in [1.82, 2.24) is 15.1 Å². The molecule has 0 fully saturated rings. The highest BCUT2D eigenvalue weighted by molar-refractivity contribution is 5.76. The maximum atomic E-state index is 11.9. The minimum absolute atomic E-state index is 0.0126. The van der Waals surface area contributed by atoms with Gasteiger partial charge in [-0.2, -0.15) is 5.10 Å². The summed E-state index contributed by atoms with van der Waals surface area (Å²) < 4.78 is 4.57. The molecule has 10 heteroatoms. The smallest absolute Gasteiger partial charge is 0.315 e. The van der Waals surface area contributed by atoms with Gasteiger partial charge in [0.25, 0.3) is 5.70 Å². The van der Waals surface area contributed by atoms with E-state index in [1.807, 2.05) is 13.8 Å². The second kappa shape index (κ2) is 8.79. The van der Waals surface area contributed by atoms with Crippen LogP contribution in [0.2, 0.25) is 0 Å². The summed E-state index contributed by atoms with van der Waals surface area (Å²) in [7, 11) is 1.24. The number of rotatable bonds is 5. The molecule has 2 rings (SSSR count). The highest BCUT2D eigenvalue weighted by Crippen LogP contribution is 2.36. The molecule has 0 aliphatic heterocycles. The molecule has 0 bridgehead atoms. The van der Waals surface area contributed by atoms with Crippen molar-refractivity contribution in [3.05, 3.63) is 45.8 Å². The number of ether oxygens (including phenoxy) is 1. The second-order valence-corrected chi connectivity index (χ2v) is 5.29. The number of nitro groups is 1. The Morgan fingerprint density at radius 3 is 2.65 bits per heavy atom. The van der Waals surface area contributed by atoms with Crippen molar-refractivity contribution in [2.75, 3.05) is 13.7 Å². The van der Waals surface area contributed by atoms with Gasteiger partial charge < -0.3 is 15.4 Å². The van der Waals surface area contributed by atoms with Crippen LogP contribution in [0, 0.1) is 10.1 Å². The van der Waals surface area contributed by atoms with E-state index in [4.69, 9.17) is 5.73 Å². The summed E-state index contributed by atoms with van der Waals surface area (Å²) in [4.78, 5) is 35.3. The number of H-pyrrole nitrogens is 1. The molecule has 1 heterocycles. The van der Waals surface area contributed by atoms with Crippen LogP contribution in [-0.2, 0) is 15.1 Å². The molecule has 1 aliphatic carbocycles. The number of nitrogens with one attached hydrogen (secondary N) is 1. The molecule has 0 spiro atoms. The van der Waals surface area contributed by atoms with Gasteiger partial charge in [0, 0.05) is 18.2 Å². The lowest BCUT2D eigenvalue weighted by molar-refractivity contribution is -0.375. The van der Waals surface area contributed by atoms with E-state index in [9.17, 15) is 19.7 Å². The van der Waals surface area contributed by atoms with Gasteiger partial charge in [0.1, 0.15) is 5.69 Å². The standard InChI is InChI=1S/C14H17N5O5.C2H6/c1-14(18(13(15)21)7-5-11(20)24-2)6-3-4-10(19(22)23)12-9(14)8-16-17-12;1-2/h3-4,6,8H,5,7H2,1-2H3,(H2,15,21)(H,16,17);1-2H3. The third kappa shape index (κ3) is 4.08. The lowest BCUT2D eigenvalue weighted by atomic mass is 9.90. The first-order valence-electron chi connectivity index (χ1n) is 8.03. The van der Waals surface area contributed by atoms with Crippen LogP contribution in [0.15, 0.2) is 24.4 Å². The summed E-state index contributed by atoms with van der Waals surface area (Å²) >= 11 is 0. The quantitative estimate of drug-likeness (QED) is 0.462. The predicted octanol–water partition coefficient (Wildman–Crippen LogP) is 1.78. The van der Waals surface area contributed by atoms with E-state index < -0.39 is 22.5 Å². The maximum Gasteiger partial charge on any atom is 0.315 e. The molecule has 0 aromatic carbocycles. The van der Waals surface area contributed by atoms with Gasteiger partial charge in [0.2, 0.25) is 0 Å². The number of amides is 2. The van der Waals surface area contributed by atoms with Crippen LogP contribution in [0.4, 0.5) is 4.79 Å². The van der Waals surface area contributed by atoms with Crippen molar-refractivity contribution in [3.8, 4) is 0 Å². The molecule has 10 nitrogen and oxygen atoms in total. The Morgan fingerprint density at radius 1 is 1.46 bits per heavy atom. The zero-order valence-corrected chi connectivity index (χ0v) is 15.2. The van der Waals surface area contributed by atoms with E-state index in [-0.39, 0.29) is 24.4 Å². The first-order valence-corrected chi connectivity index (χ1v) is 8.03. The number of primary amides is 1. The Balaban J connectivity index is 0.00000163. The number of esters is 1. The van der Waals surface area contributed by atoms with Gasteiger partial charge >= 0.3 is 12.0 Å². The van der Waals surface area contributed by atoms with E-state index in [1.165, 1.54) is 30.4 Å². The summed E-state index contributed by atoms with van der Waals surface area (Å²) in [6.45, 7) is 5.65. The molecular formula is C16H23N5O5. The average Bonchev–Trinajstić information content (AvgIpc) is 3.04. The van der Waals surface area contributed by atoms with E-state index in [1.54, 1.807) is 13.0 Å². The van der Waals surface area contributed by atoms with Gasteiger partial charge in [-0.15, -0.1) is 0 Å². The van der Waals surface area contributed by atoms with Gasteiger partial charge in [0.05, 0.1) is 30.2 Å². The number of fused-ring (bicyclic) bond motifs is 1. The van der Waals surface area contributed by atoms with Crippen LogP contribution in [0.1, 0.15) is 38.4 Å². The number of nitrogens with two attached hydrogens (primary N) is 1. The summed E-state index contributed by atoms with van der Waals surface area (Å²) in [5, 5.41) is 17.7. The normalized spacial score (nSPS) is 17.8. The number of allylic oxidation sites excluding steroid dienone is 2. The molecular weight excluding hydrogens is 342 g/mol. The summed E-state index contributed by atoms with van der Waals surface area (Å²) in [6.07, 6.45) is 5.71. The SMILES string of the molecule is CC.COC(=O)CCN(C(N)=O)C1(C)C=CC=C([N+](=O)[O-])c2[nH]ncc21. The highest BCUT2D eigenvalue weighted by atomic mass is 16.6. The summed E-state index contributed by atoms with van der Waals surface area (Å²) in [5.41, 5.74) is 4.76. The second-order valence-electron chi connectivity index (χ2n) is 5.29. The van der Waals surface area contributed by atoms with Crippen molar-refractivity contribution >= 4 is 17.7 Å². The van der Waals surface area contributed by atoms with Crippen molar-refractivity contribution in [1.29, 1.82) is 0 Å². The number of hydrogen-bond acceptors (Lipinski definition) is 6. The average molecular weight is 365 g/mol. The first-order chi connectivity index (χ1) is 12.3. The van der Waals surface area contributed by atoms with Crippen LogP contribution in [-0.4, -0.2) is 45.7 Å². The largest absolute Gasteiger partial charge is 0.469 e. The van der Waals surface area contributed by atoms with Gasteiger partial charge in [-0.05, 0) is 6.92 Å². The van der Waals surface area contributed by atoms with Crippen LogP contribution < -0.4 is 5.73 Å². The lowest BCUT2D eigenvalue weighted by Gasteiger charge is -2.37. The van der Waals surface area contributed by atoms with Crippen LogP contribution in [0.25, 0.3) is 5.70 Å². The van der Waals surface area contributed by atoms with Gasteiger partial charge in [-0.25, -0.2) is 4.79 Å². The topological polar surface area (TPSA) is 144 Å². The number of methoxy groups -OCH3 is 1. The number of nitrogens with zero attached hydrogens (tertiary/aromatic N) is 3. The van der Waals surface area contributed by atoms with E-state index >= 15 is 0 Å². The van der Waals surface area contributed by atoms with E-state index in [0.717, 1.165) is 0 Å². The maximum absolute atomic E-state index is 11.9. The molecule has 0 saturated carbocycles. The van der Waals surface area contributed by atoms with Crippen LogP contribution in [0.3, 0.4) is 0 Å². The van der Waals surface area contributed by atoms with Crippen molar-refractivity contribution in [2.24, 2.45) is 5.73 Å². The van der Waals surface area contributed by atoms with Crippen molar-refractivity contribution in [3.63, 3.8) is 0 Å². The number of carbonyl (C=O) groups is 2. The Labute approximate surface area is 150 Å². The number of carbonyl (C=O) groups excluding carboxylic acids is 2. The fraction of sp³-hybridized carbons (Fsp3) is 0.438. The van der Waals surface area contributed by atoms with Crippen molar-refractivity contribution < 1.29 is 19.2 Å². The Hall–Kier alpha value is -3.17. The number of urea groups is 1. The van der Waals surface area contributed by atoms with Gasteiger partial charge in [-0.3, -0.25) is 20.0 Å². The molecule has 0 saturated heterocycles. The molecule has 1 atom stereocenters. The molecule has 1 aromatic heterocycles. The van der Waals surface area contributed by atoms with Gasteiger partial charge in [-0.1, -0.05) is 26.0 Å². The third-order valence-corrected chi connectivity index (χ3v) is 3.91. The number of aromatic nitrogens is 2. The Morgan fingerprint density at radius 2 is 2.12 bits per heavy atom. The number of hydrogen-bond donors (Lipinski definition) is 2. The molecule has 2 amide bonds. The molecule has 1 unspecified atom stereocenters. The summed E-state index contributed by atoms with van der Waals surface area (Å²) in [5.74, 6) is -0.501. The van der Waals surface area contributed by atoms with E-state index in [2.05, 4.69) is 14.9 Å². The van der Waals surface area contributed by atoms with Crippen LogP contribution in [0.5, 0.6) is 0 Å². The van der Waals surface area contributed by atoms with Gasteiger partial charge in [0.15, 0.2) is 0 Å². The fourth-order valence-corrected chi connectivity index (χ4v) is 2.63. The number of aromatic amines is 1. The predicted molar refractivity (Wildman–Crippen MR) is 94.3 cm³/mol. The minimum Gasteiger partial charge on any atom is -0.469 e. The molecule has 3 N–H and O–H groups in total. The highest BCUT2D eigenvalue weighted by Gasteiger charge is 2.40. The Bertz CT molecular complexity index is 739. The molecule has 1 aromatic rings. The molecule has 1 aliphatic rings. The Kier molecular flexibility index (Phi) is 7.06. The minimum atomic E-state index is -1.11. The van der Waals surface area contributed by atoms with E-state index in [0.29, 0.717) is 5.56 Å². The lowest BCUT2D eigenvalue weighted by Crippen LogP contribution is -2.50. The zero-order valence-electron chi connectivity index (χ0n) is 15.2. The molecule has 0 radical (unpaired) electrons. The van der Waals surface area contributed by atoms with Crippen molar-refractivity contribution in [2.45, 2.75) is 32.7 Å². The molecule has 26 heavy (non-hydrogen) atoms. The monoisotopic (exact) mass is 365 g/mol. The first kappa shape index (κ1) is 20.9. The van der Waals surface area contributed by atoms with Crippen LogP contribution >= 0.6 is 0 Å². The summed E-state index contributed by atoms with van der Waals surface area (Å²) in [6, 6.07) is -0.775.